The molecule has 0 fully saturated rings. The number of benzene rings is 17. The summed E-state index contributed by atoms with van der Waals surface area (Å²) < 4.78 is 19.1. The van der Waals surface area contributed by atoms with Crippen LogP contribution >= 0.6 is 0 Å². The van der Waals surface area contributed by atoms with Crippen molar-refractivity contribution in [2.24, 2.45) is 0 Å². The van der Waals surface area contributed by atoms with E-state index in [4.69, 9.17) is 29.9 Å². The lowest BCUT2D eigenvalue weighted by molar-refractivity contribution is 1.08. The average Bonchev–Trinajstić information content (AvgIpc) is 1.54. The maximum Gasteiger partial charge on any atom is 0.137 e. The molecule has 0 aliphatic rings. The summed E-state index contributed by atoms with van der Waals surface area (Å²) in [6, 6.07) is 149. The molecule has 0 aliphatic heterocycles. The van der Waals surface area contributed by atoms with Crippen molar-refractivity contribution in [3.05, 3.63) is 493 Å². The van der Waals surface area contributed by atoms with Crippen LogP contribution in [0.3, 0.4) is 0 Å². The van der Waals surface area contributed by atoms with Crippen molar-refractivity contribution in [1.29, 1.82) is 0 Å². The minimum atomic E-state index is 0.901. The van der Waals surface area contributed by atoms with E-state index >= 15 is 0 Å². The lowest BCUT2D eigenvalue weighted by atomic mass is 10.0. The minimum absolute atomic E-state index is 0.901. The molecule has 0 spiro atoms. The molecule has 17 heteroatoms. The predicted molar refractivity (Wildman–Crippen MR) is 608 cm³/mol. The minimum Gasteiger partial charge on any atom is -0.307 e. The topological polar surface area (TPSA) is 155 Å². The van der Waals surface area contributed by atoms with Crippen molar-refractivity contribution in [3.63, 3.8) is 0 Å². The number of pyridine rings is 7. The summed E-state index contributed by atoms with van der Waals surface area (Å²) in [5.74, 6) is 0.901. The van der Waals surface area contributed by atoms with Gasteiger partial charge in [0.25, 0.3) is 0 Å². The molecule has 16 aromatic heterocycles. The van der Waals surface area contributed by atoms with Crippen LogP contribution in [0.4, 0.5) is 0 Å². The van der Waals surface area contributed by atoms with Crippen molar-refractivity contribution in [2.45, 2.75) is 0 Å². The zero-order valence-electron chi connectivity index (χ0n) is 79.4. The fourth-order valence-electron chi connectivity index (χ4n) is 24.0. The predicted octanol–water partition coefficient (Wildman–Crippen LogP) is 31.8. The standard InChI is InChI=1S/C35H21N5.3C32H20N4/c1-2-10-22(11-3-1)39-28-16-6-4-12-24(28)30-32-33(38-21-20-37-32)31-25-13-5-7-17-29(25)40(35(31)34(30)39)27-18-8-15-26-23(27)14-9-19-36-26;1-2-11-21(12-3-1)35-25-16-6-5-14-23(25)29-30-24(15-10-20-34-30)28-22-13-4-7-17-26(22)36(31(28)32(29)35)27-18-8-9-19-33-27;1-2-10-21(11-3-1)35-27-17-7-5-14-24(27)29-30-25(15-9-19-34-30)28-23-13-4-6-16-26(23)36(31(28)32(29)35)22-12-8-18-33-20-22;1-2-9-21(10-3-1)35-27-15-7-5-12-24(27)29-30-25(13-8-18-34-30)28-23-11-4-6-14-26(23)36(31(28)32(29)35)22-16-19-33-20-17-22/h1-21H;3*1-20H. The van der Waals surface area contributed by atoms with Crippen LogP contribution < -0.4 is 0 Å². The van der Waals surface area contributed by atoms with Gasteiger partial charge in [0.1, 0.15) is 5.82 Å². The van der Waals surface area contributed by atoms with E-state index in [1.54, 1.807) is 12.4 Å². The lowest BCUT2D eigenvalue weighted by Gasteiger charge is -2.14. The number of nitrogens with zero attached hydrogens (tertiary/aromatic N) is 17. The largest absolute Gasteiger partial charge is 0.307 e. The molecule has 0 radical (unpaired) electrons. The number of para-hydroxylation sites is 12. The zero-order valence-corrected chi connectivity index (χ0v) is 79.4. The van der Waals surface area contributed by atoms with Gasteiger partial charge in [-0.15, -0.1) is 0 Å². The molecule has 0 aliphatic carbocycles. The second-order valence-corrected chi connectivity index (χ2v) is 37.4. The van der Waals surface area contributed by atoms with Crippen LogP contribution in [-0.2, 0) is 0 Å². The van der Waals surface area contributed by atoms with E-state index in [0.717, 1.165) is 183 Å². The molecule has 17 aromatic carbocycles. The van der Waals surface area contributed by atoms with Crippen molar-refractivity contribution in [1.82, 2.24) is 81.4 Å². The van der Waals surface area contributed by atoms with Gasteiger partial charge in [-0.05, 0) is 176 Å². The summed E-state index contributed by atoms with van der Waals surface area (Å²) in [4.78, 5) is 43.1. The quantitative estimate of drug-likeness (QED) is 0.144. The smallest absolute Gasteiger partial charge is 0.137 e. The van der Waals surface area contributed by atoms with Crippen molar-refractivity contribution >= 4 is 229 Å². The van der Waals surface area contributed by atoms with Crippen molar-refractivity contribution in [3.8, 4) is 45.6 Å². The molecule has 0 atom stereocenters. The first-order valence-corrected chi connectivity index (χ1v) is 49.7. The highest BCUT2D eigenvalue weighted by atomic mass is 15.1. The van der Waals surface area contributed by atoms with Crippen LogP contribution in [0.15, 0.2) is 493 Å². The van der Waals surface area contributed by atoms with Gasteiger partial charge >= 0.3 is 0 Å². The molecular weight excluding hydrogens is 1810 g/mol. The summed E-state index contributed by atoms with van der Waals surface area (Å²) >= 11 is 0. The van der Waals surface area contributed by atoms with Gasteiger partial charge in [-0.25, -0.2) is 4.98 Å². The third-order valence-corrected chi connectivity index (χ3v) is 29.6. The number of rotatable bonds is 8. The molecule has 690 valence electrons. The Morgan fingerprint density at radius 3 is 0.764 bits per heavy atom. The van der Waals surface area contributed by atoms with E-state index in [1.807, 2.05) is 92.2 Å². The Balaban J connectivity index is 0.0000000911. The Morgan fingerprint density at radius 2 is 0.399 bits per heavy atom. The van der Waals surface area contributed by atoms with Crippen molar-refractivity contribution in [2.75, 3.05) is 0 Å². The number of aromatic nitrogens is 17. The van der Waals surface area contributed by atoms with E-state index in [0.29, 0.717) is 0 Å². The average molecular weight is 1890 g/mol. The summed E-state index contributed by atoms with van der Waals surface area (Å²) in [5.41, 5.74) is 32.0. The molecule has 0 saturated heterocycles. The molecule has 0 bridgehead atoms. The SMILES string of the molecule is c1ccc(-n2c3ccccc3c3c4ncccc4c4c5ccccc5n(-c5ccccn5)c4c32)cc1.c1ccc(-n2c3ccccc3c3c4ncccc4c4c5ccccc5n(-c5cccnc5)c4c32)cc1.c1ccc(-n2c3ccccc3c3c4ncccc4c4c5ccccc5n(-c5ccncc5)c4c32)cc1.c1ccc(-n2c3ccccc3c3c4nccnc4c4c5ccccc5n(-c5cccc6ncccc56)c4c32)cc1. The lowest BCUT2D eigenvalue weighted by Crippen LogP contribution is -2.00. The summed E-state index contributed by atoms with van der Waals surface area (Å²) in [7, 11) is 0. The summed E-state index contributed by atoms with van der Waals surface area (Å²) in [6.07, 6.45) is 20.5. The van der Waals surface area contributed by atoms with E-state index in [2.05, 4.69) is 440 Å². The molecule has 33 aromatic rings. The van der Waals surface area contributed by atoms with Gasteiger partial charge in [-0.2, -0.15) is 0 Å². The fourth-order valence-corrected chi connectivity index (χ4v) is 24.0. The highest BCUT2D eigenvalue weighted by molar-refractivity contribution is 6.40. The van der Waals surface area contributed by atoms with Crippen molar-refractivity contribution < 1.29 is 0 Å². The third kappa shape index (κ3) is 12.4. The highest BCUT2D eigenvalue weighted by Gasteiger charge is 2.33. The Kier molecular flexibility index (Phi) is 18.9. The number of hydrogen-bond donors (Lipinski definition) is 0. The van der Waals surface area contributed by atoms with E-state index in [1.165, 1.54) is 92.2 Å². The molecule has 17 nitrogen and oxygen atoms in total. The van der Waals surface area contributed by atoms with Gasteiger partial charge in [-0.3, -0.25) is 44.4 Å². The number of fused-ring (bicyclic) bond motifs is 41. The molecule has 33 rings (SSSR count). The molecule has 16 heterocycles. The maximum absolute atomic E-state index is 4.97. The number of hydrogen-bond acceptors (Lipinski definition) is 9. The second kappa shape index (κ2) is 33.6. The maximum atomic E-state index is 4.97. The molecule has 0 N–H and O–H groups in total. The summed E-state index contributed by atoms with van der Waals surface area (Å²) in [6.45, 7) is 0. The van der Waals surface area contributed by atoms with Crippen LogP contribution in [0, 0.1) is 0 Å². The Bertz CT molecular complexity index is 10000. The van der Waals surface area contributed by atoms with Crippen LogP contribution in [0.5, 0.6) is 0 Å². The molecule has 0 unspecified atom stereocenters. The molecule has 0 saturated carbocycles. The molecule has 148 heavy (non-hydrogen) atoms. The van der Waals surface area contributed by atoms with Crippen LogP contribution in [0.2, 0.25) is 0 Å². The van der Waals surface area contributed by atoms with Crippen LogP contribution in [-0.4, -0.2) is 81.4 Å². The fraction of sp³-hybridized carbons (Fsp3) is 0. The second-order valence-electron chi connectivity index (χ2n) is 37.4. The van der Waals surface area contributed by atoms with Gasteiger partial charge in [-0.1, -0.05) is 249 Å². The van der Waals surface area contributed by atoms with Crippen LogP contribution in [0.1, 0.15) is 0 Å². The Hall–Kier alpha value is -20.4. The van der Waals surface area contributed by atoms with Gasteiger partial charge < -0.3 is 32.0 Å². The highest BCUT2D eigenvalue weighted by Crippen LogP contribution is 2.53. The first kappa shape index (κ1) is 83.4. The monoisotopic (exact) mass is 1890 g/mol. The Morgan fingerprint density at radius 1 is 0.135 bits per heavy atom. The van der Waals surface area contributed by atoms with E-state index in [-0.39, 0.29) is 0 Å². The van der Waals surface area contributed by atoms with Gasteiger partial charge in [0.2, 0.25) is 0 Å². The van der Waals surface area contributed by atoms with E-state index < -0.39 is 0 Å². The molecular formula is C131H81N17. The van der Waals surface area contributed by atoms with Gasteiger partial charge in [0, 0.05) is 198 Å². The first-order chi connectivity index (χ1) is 73.6. The van der Waals surface area contributed by atoms with Gasteiger partial charge in [0.05, 0.1) is 139 Å². The van der Waals surface area contributed by atoms with Gasteiger partial charge in [0.15, 0.2) is 0 Å². The first-order valence-electron chi connectivity index (χ1n) is 49.7. The van der Waals surface area contributed by atoms with Crippen LogP contribution in [0.25, 0.3) is 275 Å². The zero-order chi connectivity index (χ0) is 97.1. The third-order valence-electron chi connectivity index (χ3n) is 29.6. The summed E-state index contributed by atoms with van der Waals surface area (Å²) in [5, 5.41) is 23.5. The Labute approximate surface area is 843 Å². The van der Waals surface area contributed by atoms with E-state index in [9.17, 15) is 0 Å². The molecule has 0 amide bonds. The normalized spacial score (nSPS) is 11.9.